The Morgan fingerprint density at radius 3 is 1.59 bits per heavy atom. The number of carboxylic acid groups (broad SMARTS) is 4. The van der Waals surface area contributed by atoms with Crippen LogP contribution in [0.1, 0.15) is 27.6 Å². The number of carbonyl (C=O) groups is 7. The maximum Gasteiger partial charge on any atom is 0.328 e. The van der Waals surface area contributed by atoms with Crippen LogP contribution in [0.4, 0.5) is 5.82 Å². The van der Waals surface area contributed by atoms with Gasteiger partial charge in [-0.1, -0.05) is 18.2 Å². The number of pyridine rings is 1. The molecule has 1 fully saturated rings. The van der Waals surface area contributed by atoms with Crippen LogP contribution in [0.2, 0.25) is 0 Å². The number of esters is 1. The van der Waals surface area contributed by atoms with Gasteiger partial charge < -0.3 is 30.1 Å². The van der Waals surface area contributed by atoms with E-state index in [0.29, 0.717) is 42.0 Å². The summed E-state index contributed by atoms with van der Waals surface area (Å²) >= 11 is 0. The Hall–Kier alpha value is -5.90. The molecular weight excluding hydrogens is 608 g/mol. The second kappa shape index (κ2) is 18.0. The van der Waals surface area contributed by atoms with Crippen molar-refractivity contribution in [3.63, 3.8) is 0 Å². The molecule has 16 heteroatoms. The maximum absolute atomic E-state index is 12.7. The summed E-state index contributed by atoms with van der Waals surface area (Å²) in [5.41, 5.74) is 0.793. The molecule has 2 aromatic rings. The lowest BCUT2D eigenvalue weighted by molar-refractivity contribution is -0.148. The van der Waals surface area contributed by atoms with E-state index in [0.717, 1.165) is 32.0 Å². The molecule has 1 atom stereocenters. The Morgan fingerprint density at radius 2 is 1.20 bits per heavy atom. The number of hydrogen-bond acceptors (Lipinski definition) is 11. The van der Waals surface area contributed by atoms with Gasteiger partial charge in [-0.2, -0.15) is 0 Å². The molecule has 0 aliphatic carbocycles. The number of aliphatic carboxylic acids is 4. The first kappa shape index (κ1) is 36.3. The lowest BCUT2D eigenvalue weighted by Gasteiger charge is -2.37. The fourth-order valence-corrected chi connectivity index (χ4v) is 4.25. The average Bonchev–Trinajstić information content (AvgIpc) is 3.25. The van der Waals surface area contributed by atoms with Gasteiger partial charge in [0.1, 0.15) is 11.9 Å². The molecule has 0 spiro atoms. The number of amides is 2. The molecule has 1 aromatic carbocycles. The Labute approximate surface area is 262 Å². The molecule has 1 saturated heterocycles. The van der Waals surface area contributed by atoms with E-state index >= 15 is 0 Å². The summed E-state index contributed by atoms with van der Waals surface area (Å²) in [6.45, 7) is 5.00. The summed E-state index contributed by atoms with van der Waals surface area (Å²) in [7, 11) is 0. The summed E-state index contributed by atoms with van der Waals surface area (Å²) in [5.74, 6) is -5.19. The van der Waals surface area contributed by atoms with E-state index in [-0.39, 0.29) is 18.4 Å². The van der Waals surface area contributed by atoms with Gasteiger partial charge in [-0.05, 0) is 24.3 Å². The molecule has 16 nitrogen and oxygen atoms in total. The van der Waals surface area contributed by atoms with Crippen LogP contribution in [0.15, 0.2) is 73.0 Å². The zero-order chi connectivity index (χ0) is 34.2. The number of aromatic nitrogens is 1. The molecule has 2 aliphatic heterocycles. The first-order valence-corrected chi connectivity index (χ1v) is 13.6. The minimum atomic E-state index is -1.26. The molecule has 1 unspecified atom stereocenters. The number of nitrogens with zero attached hydrogens (tertiary/aromatic N) is 4. The first-order chi connectivity index (χ1) is 21.8. The standard InChI is InChI=1S/C22H24N4O4.2C4H4O4/c1-16(27)30-17(15-26-21(28)18-6-2-3-7-19(18)22(26)29)14-24-10-12-25(13-11-24)20-8-4-5-9-23-20;2*5-3(6)1-2-4(7)8/h2-9,17H,10-15H2,1H3;2*1-2H,(H,5,6)(H,7,8)/b;2*2-1-. The fourth-order valence-electron chi connectivity index (χ4n) is 4.25. The minimum Gasteiger partial charge on any atom is -0.478 e. The number of hydrogen-bond donors (Lipinski definition) is 4. The quantitative estimate of drug-likeness (QED) is 0.160. The highest BCUT2D eigenvalue weighted by atomic mass is 16.5. The predicted octanol–water partition coefficient (Wildman–Crippen LogP) is 0.855. The Kier molecular flexibility index (Phi) is 14.2. The van der Waals surface area contributed by atoms with Crippen LogP contribution < -0.4 is 4.90 Å². The van der Waals surface area contributed by atoms with E-state index < -0.39 is 36.0 Å². The first-order valence-electron chi connectivity index (χ1n) is 13.6. The lowest BCUT2D eigenvalue weighted by atomic mass is 10.1. The van der Waals surface area contributed by atoms with Crippen molar-refractivity contribution in [1.29, 1.82) is 0 Å². The Balaban J connectivity index is 0.000000381. The smallest absolute Gasteiger partial charge is 0.328 e. The average molecular weight is 641 g/mol. The number of benzene rings is 1. The third-order valence-electron chi connectivity index (χ3n) is 6.14. The molecule has 4 N–H and O–H groups in total. The third kappa shape index (κ3) is 12.4. The number of rotatable bonds is 10. The van der Waals surface area contributed by atoms with E-state index in [1.165, 1.54) is 11.8 Å². The maximum atomic E-state index is 12.7. The van der Waals surface area contributed by atoms with E-state index in [2.05, 4.69) is 14.8 Å². The molecule has 3 heterocycles. The highest BCUT2D eigenvalue weighted by Gasteiger charge is 2.37. The molecule has 4 rings (SSSR count). The SMILES string of the molecule is CC(=O)OC(CN1CCN(c2ccccn2)CC1)CN1C(=O)c2ccccc2C1=O.O=C(O)/C=C\C(=O)O.O=C(O)/C=C\C(=O)O. The van der Waals surface area contributed by atoms with Crippen LogP contribution in [-0.4, -0.2) is 122 Å². The van der Waals surface area contributed by atoms with Crippen LogP contribution in [0.3, 0.4) is 0 Å². The number of ether oxygens (including phenoxy) is 1. The zero-order valence-electron chi connectivity index (χ0n) is 24.6. The minimum absolute atomic E-state index is 0.0480. The molecule has 2 aliphatic rings. The van der Waals surface area contributed by atoms with Gasteiger partial charge in [0, 0.05) is 70.1 Å². The molecule has 244 valence electrons. The van der Waals surface area contributed by atoms with Crippen LogP contribution >= 0.6 is 0 Å². The zero-order valence-corrected chi connectivity index (χ0v) is 24.6. The van der Waals surface area contributed by atoms with Crippen molar-refractivity contribution >= 4 is 47.5 Å². The highest BCUT2D eigenvalue weighted by Crippen LogP contribution is 2.23. The lowest BCUT2D eigenvalue weighted by Crippen LogP contribution is -2.51. The Bertz CT molecular complexity index is 1380. The number of piperazine rings is 1. The van der Waals surface area contributed by atoms with E-state index in [4.69, 9.17) is 25.2 Å². The topological polar surface area (TPSA) is 232 Å². The normalized spacial score (nSPS) is 14.9. The molecule has 46 heavy (non-hydrogen) atoms. The van der Waals surface area contributed by atoms with Crippen LogP contribution in [0, 0.1) is 0 Å². The van der Waals surface area contributed by atoms with Crippen LogP contribution in [0.5, 0.6) is 0 Å². The van der Waals surface area contributed by atoms with E-state index in [1.54, 1.807) is 30.5 Å². The second-order valence-electron chi connectivity index (χ2n) is 9.49. The van der Waals surface area contributed by atoms with Crippen molar-refractivity contribution in [2.45, 2.75) is 13.0 Å². The van der Waals surface area contributed by atoms with Crippen molar-refractivity contribution in [2.75, 3.05) is 44.2 Å². The van der Waals surface area contributed by atoms with Crippen molar-refractivity contribution < 1.29 is 58.7 Å². The molecule has 2 amide bonds. The number of anilines is 1. The molecule has 0 bridgehead atoms. The van der Waals surface area contributed by atoms with Gasteiger partial charge in [-0.15, -0.1) is 0 Å². The summed E-state index contributed by atoms with van der Waals surface area (Å²) < 4.78 is 5.47. The molecule has 1 aromatic heterocycles. The van der Waals surface area contributed by atoms with Crippen molar-refractivity contribution in [3.05, 3.63) is 84.1 Å². The number of carbonyl (C=O) groups excluding carboxylic acids is 3. The largest absolute Gasteiger partial charge is 0.478 e. The predicted molar refractivity (Wildman–Crippen MR) is 159 cm³/mol. The van der Waals surface area contributed by atoms with Crippen LogP contribution in [0.25, 0.3) is 0 Å². The van der Waals surface area contributed by atoms with Crippen LogP contribution in [-0.2, 0) is 28.7 Å². The van der Waals surface area contributed by atoms with Gasteiger partial charge in [-0.25, -0.2) is 24.2 Å². The Morgan fingerprint density at radius 1 is 0.739 bits per heavy atom. The summed E-state index contributed by atoms with van der Waals surface area (Å²) in [6, 6.07) is 12.6. The molecule has 0 radical (unpaired) electrons. The summed E-state index contributed by atoms with van der Waals surface area (Å²) in [4.78, 5) is 85.1. The number of imide groups is 1. The second-order valence-corrected chi connectivity index (χ2v) is 9.49. The number of carboxylic acids is 4. The van der Waals surface area contributed by atoms with Gasteiger partial charge in [-0.3, -0.25) is 24.2 Å². The molecule has 0 saturated carbocycles. The third-order valence-corrected chi connectivity index (χ3v) is 6.14. The monoisotopic (exact) mass is 640 g/mol. The summed E-state index contributed by atoms with van der Waals surface area (Å²) in [6.07, 6.45) is 3.43. The van der Waals surface area contributed by atoms with E-state index in [1.807, 2.05) is 18.2 Å². The van der Waals surface area contributed by atoms with Gasteiger partial charge in [0.2, 0.25) is 0 Å². The fraction of sp³-hybridized carbons (Fsp3) is 0.267. The van der Waals surface area contributed by atoms with Crippen molar-refractivity contribution in [3.8, 4) is 0 Å². The van der Waals surface area contributed by atoms with Gasteiger partial charge in [0.05, 0.1) is 17.7 Å². The summed E-state index contributed by atoms with van der Waals surface area (Å²) in [5, 5.41) is 31.2. The number of fused-ring (bicyclic) bond motifs is 1. The van der Waals surface area contributed by atoms with E-state index in [9.17, 15) is 33.6 Å². The van der Waals surface area contributed by atoms with Crippen molar-refractivity contribution in [2.24, 2.45) is 0 Å². The molecular formula is C30H32N4O12. The van der Waals surface area contributed by atoms with Gasteiger partial charge in [0.25, 0.3) is 11.8 Å². The highest BCUT2D eigenvalue weighted by molar-refractivity contribution is 6.21. The van der Waals surface area contributed by atoms with Gasteiger partial charge >= 0.3 is 29.8 Å². The van der Waals surface area contributed by atoms with Gasteiger partial charge in [0.15, 0.2) is 0 Å². The van der Waals surface area contributed by atoms with Crippen molar-refractivity contribution in [1.82, 2.24) is 14.8 Å².